The summed E-state index contributed by atoms with van der Waals surface area (Å²) < 4.78 is 7.29. The van der Waals surface area contributed by atoms with Crippen molar-refractivity contribution in [3.63, 3.8) is 0 Å². The van der Waals surface area contributed by atoms with Crippen LogP contribution < -0.4 is 0 Å². The van der Waals surface area contributed by atoms with Crippen LogP contribution in [-0.4, -0.2) is 39.0 Å². The van der Waals surface area contributed by atoms with Crippen LogP contribution in [0.3, 0.4) is 0 Å². The maximum absolute atomic E-state index is 5.27. The Labute approximate surface area is 522 Å². The number of thiophene rings is 1. The predicted octanol–water partition coefficient (Wildman–Crippen LogP) is 20.6. The summed E-state index contributed by atoms with van der Waals surface area (Å²) in [4.78, 5) is 30.7. The van der Waals surface area contributed by atoms with Crippen molar-refractivity contribution in [2.75, 3.05) is 0 Å². The number of aromatic nitrogens is 8. The molecule has 18 rings (SSSR count). The van der Waals surface area contributed by atoms with Gasteiger partial charge in [-0.2, -0.15) is 0 Å². The molecule has 1 aliphatic rings. The lowest BCUT2D eigenvalue weighted by Gasteiger charge is -2.34. The van der Waals surface area contributed by atoms with E-state index in [1.165, 1.54) is 64.0 Å². The Kier molecular flexibility index (Phi) is 11.6. The zero-order valence-electron chi connectivity index (χ0n) is 49.0. The van der Waals surface area contributed by atoms with Crippen LogP contribution in [0.25, 0.3) is 166 Å². The summed E-state index contributed by atoms with van der Waals surface area (Å²) in [5.74, 6) is 3.80. The van der Waals surface area contributed by atoms with Crippen molar-refractivity contribution in [3.05, 3.63) is 290 Å². The number of hydrogen-bond acceptors (Lipinski definition) is 7. The highest BCUT2D eigenvalue weighted by molar-refractivity contribution is 7.25. The molecular formula is C81H52N8S. The van der Waals surface area contributed by atoms with E-state index in [9.17, 15) is 0 Å². The lowest BCUT2D eigenvalue weighted by atomic mass is 9.75. The summed E-state index contributed by atoms with van der Waals surface area (Å²) in [6.45, 7) is 4.67. The normalized spacial score (nSPS) is 12.6. The molecule has 0 saturated heterocycles. The van der Waals surface area contributed by atoms with Gasteiger partial charge in [0.1, 0.15) is 0 Å². The highest BCUT2D eigenvalue weighted by Crippen LogP contribution is 2.48. The molecule has 12 aromatic carbocycles. The van der Waals surface area contributed by atoms with Gasteiger partial charge in [-0.05, 0) is 118 Å². The second kappa shape index (κ2) is 20.3. The molecule has 6 heterocycles. The molecule has 17 aromatic rings. The summed E-state index contributed by atoms with van der Waals surface area (Å²) >= 11 is 1.81. The van der Waals surface area contributed by atoms with E-state index in [4.69, 9.17) is 29.9 Å². The first-order valence-corrected chi connectivity index (χ1v) is 31.2. The third-order valence-corrected chi connectivity index (χ3v) is 19.4. The Morgan fingerprint density at radius 1 is 0.267 bits per heavy atom. The van der Waals surface area contributed by atoms with Crippen molar-refractivity contribution in [3.8, 4) is 102 Å². The SMILES string of the molecule is CC1(C)c2ccccc2-n2c3ccc(-c4nc(-c5ccccc5)nc(-c5ccc(-c6ccc7c8cc(-c9ccc%10sc%11ccc(-c%12nc(-c%13ccccc%13)nc(-c%13ccccc%13)n%12)cc%11c%10c9)ccc8n(-c8ccccc8)c7c6)cc5)n4)cc3c3cccc1c32. The van der Waals surface area contributed by atoms with Crippen molar-refractivity contribution in [2.45, 2.75) is 19.3 Å². The Morgan fingerprint density at radius 3 is 1.27 bits per heavy atom. The summed E-state index contributed by atoms with van der Waals surface area (Å²) in [5, 5.41) is 7.13. The topological polar surface area (TPSA) is 87.2 Å². The highest BCUT2D eigenvalue weighted by atomic mass is 32.1. The minimum Gasteiger partial charge on any atom is -0.309 e. The van der Waals surface area contributed by atoms with Gasteiger partial charge in [-0.1, -0.05) is 208 Å². The highest BCUT2D eigenvalue weighted by Gasteiger charge is 2.35. The summed E-state index contributed by atoms with van der Waals surface area (Å²) in [7, 11) is 0. The lowest BCUT2D eigenvalue weighted by molar-refractivity contribution is 0.630. The molecule has 0 amide bonds. The van der Waals surface area contributed by atoms with E-state index >= 15 is 0 Å². The van der Waals surface area contributed by atoms with Gasteiger partial charge in [0.25, 0.3) is 0 Å². The second-order valence-corrected chi connectivity index (χ2v) is 24.9. The van der Waals surface area contributed by atoms with Gasteiger partial charge in [0.05, 0.1) is 27.8 Å². The molecular weight excluding hydrogens is 1120 g/mol. The van der Waals surface area contributed by atoms with Crippen molar-refractivity contribution in [1.82, 2.24) is 39.0 Å². The minimum atomic E-state index is -0.150. The van der Waals surface area contributed by atoms with Crippen molar-refractivity contribution >= 4 is 75.1 Å². The average molecular weight is 1170 g/mol. The van der Waals surface area contributed by atoms with Crippen LogP contribution in [0, 0.1) is 0 Å². The van der Waals surface area contributed by atoms with Gasteiger partial charge in [-0.15, -0.1) is 11.3 Å². The van der Waals surface area contributed by atoms with E-state index in [0.29, 0.717) is 34.9 Å². The summed E-state index contributed by atoms with van der Waals surface area (Å²) in [6.07, 6.45) is 0. The number of fused-ring (bicyclic) bond motifs is 11. The molecule has 0 aliphatic carbocycles. The van der Waals surface area contributed by atoms with Crippen LogP contribution in [0.2, 0.25) is 0 Å². The molecule has 0 saturated carbocycles. The maximum Gasteiger partial charge on any atom is 0.164 e. The van der Waals surface area contributed by atoms with Crippen LogP contribution in [0.15, 0.2) is 279 Å². The molecule has 0 N–H and O–H groups in total. The van der Waals surface area contributed by atoms with Crippen LogP contribution >= 0.6 is 11.3 Å². The standard InChI is InChI=1S/C81H52N8S/c1-81(2)66-27-15-16-29-70(66)89-69-41-36-57(46-63(69)61-26-17-28-67(81)74(61)89)79-84-77(52-22-11-5-12-23-52)83-78(87-79)53-32-30-49(31-33-53)56-34-39-60-62-44-54(35-40-68(62)88(71(60)48-56)59-24-13-6-14-25-59)55-37-42-72-64(45-55)65-47-58(38-43-73(65)90-72)80-85-75(50-18-7-3-8-19-50)82-76(86-80)51-20-9-4-10-21-51/h3-48H,1-2H3. The van der Waals surface area contributed by atoms with Crippen molar-refractivity contribution in [2.24, 2.45) is 0 Å². The van der Waals surface area contributed by atoms with E-state index < -0.39 is 0 Å². The lowest BCUT2D eigenvalue weighted by Crippen LogP contribution is -2.26. The molecule has 0 fully saturated rings. The third kappa shape index (κ3) is 8.35. The van der Waals surface area contributed by atoms with Crippen LogP contribution in [0.4, 0.5) is 0 Å². The molecule has 5 aromatic heterocycles. The predicted molar refractivity (Wildman–Crippen MR) is 370 cm³/mol. The fraction of sp³-hybridized carbons (Fsp3) is 0.0370. The Morgan fingerprint density at radius 2 is 0.667 bits per heavy atom. The van der Waals surface area contributed by atoms with E-state index in [1.54, 1.807) is 0 Å². The summed E-state index contributed by atoms with van der Waals surface area (Å²) in [5.41, 5.74) is 19.6. The first-order valence-electron chi connectivity index (χ1n) is 30.4. The number of nitrogens with zero attached hydrogens (tertiary/aromatic N) is 8. The van der Waals surface area contributed by atoms with Gasteiger partial charge in [0.2, 0.25) is 0 Å². The second-order valence-electron chi connectivity index (χ2n) is 23.9. The van der Waals surface area contributed by atoms with Gasteiger partial charge in [0.15, 0.2) is 34.9 Å². The zero-order valence-corrected chi connectivity index (χ0v) is 49.9. The molecule has 0 spiro atoms. The molecule has 0 bridgehead atoms. The quantitative estimate of drug-likeness (QED) is 0.143. The first-order chi connectivity index (χ1) is 44.3. The van der Waals surface area contributed by atoms with Gasteiger partial charge >= 0.3 is 0 Å². The largest absolute Gasteiger partial charge is 0.309 e. The van der Waals surface area contributed by atoms with Gasteiger partial charge in [-0.25, -0.2) is 29.9 Å². The van der Waals surface area contributed by atoms with Gasteiger partial charge in [0, 0.05) is 86.2 Å². The summed E-state index contributed by atoms with van der Waals surface area (Å²) in [6, 6.07) is 99.4. The molecule has 0 unspecified atom stereocenters. The number of rotatable bonds is 9. The molecule has 9 heteroatoms. The third-order valence-electron chi connectivity index (χ3n) is 18.2. The Hall–Kier alpha value is -11.5. The molecule has 8 nitrogen and oxygen atoms in total. The molecule has 0 radical (unpaired) electrons. The van der Waals surface area contributed by atoms with E-state index in [0.717, 1.165) is 77.9 Å². The van der Waals surface area contributed by atoms with E-state index in [1.807, 2.05) is 90.2 Å². The smallest absolute Gasteiger partial charge is 0.164 e. The molecule has 422 valence electrons. The molecule has 1 aliphatic heterocycles. The fourth-order valence-electron chi connectivity index (χ4n) is 13.7. The van der Waals surface area contributed by atoms with Crippen LogP contribution in [0.5, 0.6) is 0 Å². The van der Waals surface area contributed by atoms with Gasteiger partial charge in [-0.3, -0.25) is 0 Å². The van der Waals surface area contributed by atoms with E-state index in [-0.39, 0.29) is 5.41 Å². The Balaban J connectivity index is 0.706. The monoisotopic (exact) mass is 1170 g/mol. The number of benzene rings is 12. The average Bonchev–Trinajstić information content (AvgIpc) is 1.68. The van der Waals surface area contributed by atoms with Crippen LogP contribution in [-0.2, 0) is 5.41 Å². The van der Waals surface area contributed by atoms with Crippen molar-refractivity contribution in [1.29, 1.82) is 0 Å². The molecule has 90 heavy (non-hydrogen) atoms. The maximum atomic E-state index is 5.27. The van der Waals surface area contributed by atoms with E-state index in [2.05, 4.69) is 223 Å². The molecule has 0 atom stereocenters. The van der Waals surface area contributed by atoms with Crippen molar-refractivity contribution < 1.29 is 0 Å². The van der Waals surface area contributed by atoms with Crippen LogP contribution in [0.1, 0.15) is 25.0 Å². The first kappa shape index (κ1) is 51.7. The number of para-hydroxylation sites is 3. The number of hydrogen-bond donors (Lipinski definition) is 0. The Bertz CT molecular complexity index is 5680. The van der Waals surface area contributed by atoms with Gasteiger partial charge < -0.3 is 9.13 Å². The fourth-order valence-corrected chi connectivity index (χ4v) is 14.8. The minimum absolute atomic E-state index is 0.150. The zero-order chi connectivity index (χ0) is 59.6.